The van der Waals surface area contributed by atoms with E-state index in [0.717, 1.165) is 17.7 Å². The van der Waals surface area contributed by atoms with Gasteiger partial charge in [-0.3, -0.25) is 4.79 Å². The number of hydrogen-bond donors (Lipinski definition) is 1. The summed E-state index contributed by atoms with van der Waals surface area (Å²) in [5.74, 6) is -0.804. The first kappa shape index (κ1) is 18.1. The van der Waals surface area contributed by atoms with Crippen LogP contribution in [0.4, 0.5) is 18.9 Å². The first-order valence-electron chi connectivity index (χ1n) is 6.80. The highest BCUT2D eigenvalue weighted by Gasteiger charge is 2.30. The molecule has 1 N–H and O–H groups in total. The van der Waals surface area contributed by atoms with Crippen molar-refractivity contribution >= 4 is 23.2 Å². The molecule has 0 saturated carbocycles. The average molecular weight is 360 g/mol. The number of alkyl halides is 3. The van der Waals surface area contributed by atoms with E-state index in [4.69, 9.17) is 16.3 Å². The second-order valence-electron chi connectivity index (χ2n) is 4.70. The van der Waals surface area contributed by atoms with Crippen LogP contribution in [0.25, 0.3) is 0 Å². The van der Waals surface area contributed by atoms with E-state index in [9.17, 15) is 18.0 Å². The van der Waals surface area contributed by atoms with Gasteiger partial charge in [0, 0.05) is 10.7 Å². The van der Waals surface area contributed by atoms with Gasteiger partial charge in [-0.25, -0.2) is 0 Å². The van der Waals surface area contributed by atoms with E-state index in [1.807, 2.05) is 0 Å². The van der Waals surface area contributed by atoms with Crippen molar-refractivity contribution in [2.24, 2.45) is 0 Å². The minimum Gasteiger partial charge on any atom is -0.406 e. The van der Waals surface area contributed by atoms with Crippen molar-refractivity contribution in [2.45, 2.75) is 13.0 Å². The Hall–Kier alpha value is -2.25. The molecule has 0 fully saturated rings. The molecule has 4 nitrogen and oxygen atoms in total. The van der Waals surface area contributed by atoms with Crippen LogP contribution in [-0.4, -0.2) is 18.9 Å². The van der Waals surface area contributed by atoms with Crippen LogP contribution in [0.5, 0.6) is 5.75 Å². The van der Waals surface area contributed by atoms with Crippen LogP contribution in [0, 0.1) is 0 Å². The molecule has 0 bridgehead atoms. The normalized spacial score (nSPS) is 11.2. The van der Waals surface area contributed by atoms with Gasteiger partial charge in [0.1, 0.15) is 12.4 Å². The van der Waals surface area contributed by atoms with Gasteiger partial charge < -0.3 is 14.8 Å². The molecular weight excluding hydrogens is 347 g/mol. The predicted molar refractivity (Wildman–Crippen MR) is 82.9 cm³/mol. The first-order chi connectivity index (χ1) is 11.3. The highest BCUT2D eigenvalue weighted by molar-refractivity contribution is 6.31. The number of carbonyl (C=O) groups excluding carboxylic acids is 1. The van der Waals surface area contributed by atoms with E-state index < -0.39 is 12.3 Å². The molecule has 2 rings (SSSR count). The summed E-state index contributed by atoms with van der Waals surface area (Å²) >= 11 is 5.96. The minimum absolute atomic E-state index is 0.172. The van der Waals surface area contributed by atoms with Gasteiger partial charge in [0.05, 0.1) is 6.61 Å². The number of anilines is 1. The summed E-state index contributed by atoms with van der Waals surface area (Å²) in [5.41, 5.74) is 1.08. The van der Waals surface area contributed by atoms with Crippen LogP contribution in [0.15, 0.2) is 48.5 Å². The molecule has 2 aromatic carbocycles. The second kappa shape index (κ2) is 8.03. The van der Waals surface area contributed by atoms with Crippen molar-refractivity contribution in [3.05, 3.63) is 59.1 Å². The summed E-state index contributed by atoms with van der Waals surface area (Å²) in [7, 11) is 0. The Kier molecular flexibility index (Phi) is 6.05. The van der Waals surface area contributed by atoms with Crippen LogP contribution in [0.3, 0.4) is 0 Å². The number of hydrogen-bond acceptors (Lipinski definition) is 3. The third-order valence-corrected chi connectivity index (χ3v) is 3.19. The smallest absolute Gasteiger partial charge is 0.406 e. The molecule has 0 radical (unpaired) electrons. The molecule has 0 aliphatic carbocycles. The molecule has 0 aromatic heterocycles. The number of ether oxygens (including phenoxy) is 2. The number of nitrogens with one attached hydrogen (secondary N) is 1. The van der Waals surface area contributed by atoms with E-state index in [1.54, 1.807) is 24.3 Å². The fraction of sp³-hybridized carbons (Fsp3) is 0.188. The molecule has 0 unspecified atom stereocenters. The zero-order chi connectivity index (χ0) is 17.6. The number of rotatable bonds is 6. The largest absolute Gasteiger partial charge is 0.573 e. The minimum atomic E-state index is -4.75. The molecule has 0 spiro atoms. The van der Waals surface area contributed by atoms with E-state index in [0.29, 0.717) is 10.7 Å². The average Bonchev–Trinajstić information content (AvgIpc) is 2.50. The molecule has 1 amide bonds. The van der Waals surface area contributed by atoms with Crippen LogP contribution in [0.2, 0.25) is 5.02 Å². The Morgan fingerprint density at radius 1 is 1.08 bits per heavy atom. The first-order valence-corrected chi connectivity index (χ1v) is 7.18. The lowest BCUT2D eigenvalue weighted by Gasteiger charge is -2.10. The maximum atomic E-state index is 12.0. The number of halogens is 4. The van der Waals surface area contributed by atoms with E-state index in [2.05, 4.69) is 10.1 Å². The molecule has 2 aromatic rings. The second-order valence-corrected chi connectivity index (χ2v) is 5.11. The SMILES string of the molecule is O=C(COCc1ccccc1Cl)Nc1ccc(OC(F)(F)F)cc1. The summed E-state index contributed by atoms with van der Waals surface area (Å²) < 4.78 is 45.1. The molecule has 8 heteroatoms. The van der Waals surface area contributed by atoms with Gasteiger partial charge in [0.2, 0.25) is 5.91 Å². The third kappa shape index (κ3) is 6.10. The van der Waals surface area contributed by atoms with Gasteiger partial charge in [-0.2, -0.15) is 0 Å². The molecule has 24 heavy (non-hydrogen) atoms. The summed E-state index contributed by atoms with van der Waals surface area (Å²) in [6.07, 6.45) is -4.75. The van der Waals surface area contributed by atoms with E-state index in [-0.39, 0.29) is 19.0 Å². The lowest BCUT2D eigenvalue weighted by atomic mass is 10.2. The number of amides is 1. The lowest BCUT2D eigenvalue weighted by molar-refractivity contribution is -0.274. The van der Waals surface area contributed by atoms with Crippen molar-refractivity contribution < 1.29 is 27.4 Å². The van der Waals surface area contributed by atoms with Crippen molar-refractivity contribution in [3.8, 4) is 5.75 Å². The topological polar surface area (TPSA) is 47.6 Å². The zero-order valence-corrected chi connectivity index (χ0v) is 13.0. The maximum absolute atomic E-state index is 12.0. The lowest BCUT2D eigenvalue weighted by Crippen LogP contribution is -2.19. The number of benzene rings is 2. The van der Waals surface area contributed by atoms with Crippen LogP contribution in [-0.2, 0) is 16.1 Å². The van der Waals surface area contributed by atoms with E-state index in [1.165, 1.54) is 12.1 Å². The predicted octanol–water partition coefficient (Wildman–Crippen LogP) is 4.39. The van der Waals surface area contributed by atoms with Gasteiger partial charge >= 0.3 is 6.36 Å². The zero-order valence-electron chi connectivity index (χ0n) is 12.3. The van der Waals surface area contributed by atoms with Crippen molar-refractivity contribution in [1.82, 2.24) is 0 Å². The van der Waals surface area contributed by atoms with Gasteiger partial charge in [-0.15, -0.1) is 13.2 Å². The Labute approximate surface area is 141 Å². The highest BCUT2D eigenvalue weighted by Crippen LogP contribution is 2.24. The maximum Gasteiger partial charge on any atom is 0.573 e. The quantitative estimate of drug-likeness (QED) is 0.832. The Morgan fingerprint density at radius 3 is 2.38 bits per heavy atom. The fourth-order valence-electron chi connectivity index (χ4n) is 1.81. The van der Waals surface area contributed by atoms with Gasteiger partial charge in [0.25, 0.3) is 0 Å². The summed E-state index contributed by atoms with van der Waals surface area (Å²) in [5, 5.41) is 3.04. The summed E-state index contributed by atoms with van der Waals surface area (Å²) in [6.45, 7) is -0.0442. The summed E-state index contributed by atoms with van der Waals surface area (Å²) in [6, 6.07) is 11.9. The monoisotopic (exact) mass is 359 g/mol. The molecular formula is C16H13ClF3NO3. The van der Waals surface area contributed by atoms with Gasteiger partial charge in [-0.05, 0) is 35.9 Å². The van der Waals surface area contributed by atoms with Gasteiger partial charge in [0.15, 0.2) is 0 Å². The van der Waals surface area contributed by atoms with Crippen LogP contribution >= 0.6 is 11.6 Å². The van der Waals surface area contributed by atoms with Crippen molar-refractivity contribution in [1.29, 1.82) is 0 Å². The Morgan fingerprint density at radius 2 is 1.75 bits per heavy atom. The molecule has 0 aliphatic rings. The molecule has 0 heterocycles. The van der Waals surface area contributed by atoms with Crippen LogP contribution < -0.4 is 10.1 Å². The fourth-order valence-corrected chi connectivity index (χ4v) is 2.00. The Balaban J connectivity index is 1.79. The molecule has 128 valence electrons. The van der Waals surface area contributed by atoms with E-state index >= 15 is 0 Å². The van der Waals surface area contributed by atoms with Crippen LogP contribution in [0.1, 0.15) is 5.56 Å². The number of carbonyl (C=O) groups is 1. The Bertz CT molecular complexity index is 690. The molecule has 0 aliphatic heterocycles. The van der Waals surface area contributed by atoms with Gasteiger partial charge in [-0.1, -0.05) is 29.8 Å². The third-order valence-electron chi connectivity index (χ3n) is 2.82. The molecule has 0 atom stereocenters. The van der Waals surface area contributed by atoms with Crippen molar-refractivity contribution in [3.63, 3.8) is 0 Å². The van der Waals surface area contributed by atoms with Crippen molar-refractivity contribution in [2.75, 3.05) is 11.9 Å². The standard InChI is InChI=1S/C16H13ClF3NO3/c17-14-4-2-1-3-11(14)9-23-10-15(22)21-12-5-7-13(8-6-12)24-16(18,19)20/h1-8H,9-10H2,(H,21,22). The summed E-state index contributed by atoms with van der Waals surface area (Å²) in [4.78, 5) is 11.7. The molecule has 0 saturated heterocycles. The highest BCUT2D eigenvalue weighted by atomic mass is 35.5.